The van der Waals surface area contributed by atoms with Crippen LogP contribution >= 0.6 is 11.6 Å². The van der Waals surface area contributed by atoms with E-state index in [4.69, 9.17) is 22.1 Å². The predicted molar refractivity (Wildman–Crippen MR) is 163 cm³/mol. The van der Waals surface area contributed by atoms with Gasteiger partial charge in [-0.05, 0) is 66.3 Å². The van der Waals surface area contributed by atoms with Crippen LogP contribution in [-0.4, -0.2) is 35.0 Å². The number of carbonyl (C=O) groups is 3. The molecular weight excluding hydrogens is 554 g/mol. The van der Waals surface area contributed by atoms with Gasteiger partial charge in [-0.3, -0.25) is 9.59 Å². The Bertz CT molecular complexity index is 1500. The summed E-state index contributed by atoms with van der Waals surface area (Å²) in [6.07, 6.45) is 1.05. The zero-order valence-electron chi connectivity index (χ0n) is 22.8. The van der Waals surface area contributed by atoms with Crippen molar-refractivity contribution in [1.82, 2.24) is 5.32 Å². The number of ether oxygens (including phenoxy) is 1. The molecule has 5 N–H and O–H groups in total. The quantitative estimate of drug-likeness (QED) is 0.170. The van der Waals surface area contributed by atoms with Crippen molar-refractivity contribution in [3.63, 3.8) is 0 Å². The van der Waals surface area contributed by atoms with E-state index >= 15 is 0 Å². The Morgan fingerprint density at radius 3 is 2.12 bits per heavy atom. The number of carboxylic acid groups (broad SMARTS) is 1. The fourth-order valence-electron chi connectivity index (χ4n) is 4.27. The van der Waals surface area contributed by atoms with Crippen molar-refractivity contribution in [3.8, 4) is 5.75 Å². The van der Waals surface area contributed by atoms with Gasteiger partial charge >= 0.3 is 5.97 Å². The summed E-state index contributed by atoms with van der Waals surface area (Å²) in [5.74, 6) is -1.89. The third-order valence-electron chi connectivity index (χ3n) is 6.61. The van der Waals surface area contributed by atoms with Crippen molar-refractivity contribution in [2.45, 2.75) is 38.0 Å². The number of rotatable bonds is 13. The highest BCUT2D eigenvalue weighted by molar-refractivity contribution is 6.30. The van der Waals surface area contributed by atoms with Gasteiger partial charge in [-0.15, -0.1) is 0 Å². The Kier molecular flexibility index (Phi) is 10.7. The van der Waals surface area contributed by atoms with Crippen molar-refractivity contribution in [1.29, 1.82) is 0 Å². The van der Waals surface area contributed by atoms with Crippen LogP contribution < -0.4 is 21.1 Å². The van der Waals surface area contributed by atoms with Gasteiger partial charge in [0, 0.05) is 10.6 Å². The molecule has 0 unspecified atom stereocenters. The summed E-state index contributed by atoms with van der Waals surface area (Å²) in [6.45, 7) is 0.135. The van der Waals surface area contributed by atoms with Gasteiger partial charge in [-0.1, -0.05) is 84.4 Å². The van der Waals surface area contributed by atoms with Crippen LogP contribution in [0, 0.1) is 0 Å². The lowest BCUT2D eigenvalue weighted by Crippen LogP contribution is -2.41. The van der Waals surface area contributed by atoms with Gasteiger partial charge < -0.3 is 26.2 Å². The maximum atomic E-state index is 13.1. The van der Waals surface area contributed by atoms with Crippen molar-refractivity contribution in [2.24, 2.45) is 5.73 Å². The largest absolute Gasteiger partial charge is 0.487 e. The van der Waals surface area contributed by atoms with Gasteiger partial charge in [0.2, 0.25) is 5.91 Å². The normalized spacial score (nSPS) is 12.1. The van der Waals surface area contributed by atoms with Gasteiger partial charge in [0.25, 0.3) is 5.91 Å². The number of anilines is 1. The van der Waals surface area contributed by atoms with Crippen LogP contribution in [0.1, 0.15) is 33.5 Å². The summed E-state index contributed by atoms with van der Waals surface area (Å²) in [6, 6.07) is 28.6. The first-order valence-corrected chi connectivity index (χ1v) is 13.9. The Labute approximate surface area is 249 Å². The van der Waals surface area contributed by atoms with Gasteiger partial charge in [0.15, 0.2) is 0 Å². The Hall–Kier alpha value is -4.66. The van der Waals surface area contributed by atoms with E-state index in [1.54, 1.807) is 30.3 Å². The minimum atomic E-state index is -1.13. The number of halogens is 1. The molecule has 0 spiro atoms. The minimum absolute atomic E-state index is 0.135. The smallest absolute Gasteiger partial charge is 0.326 e. The Morgan fingerprint density at radius 2 is 1.48 bits per heavy atom. The number of hydrogen-bond acceptors (Lipinski definition) is 5. The molecule has 4 aromatic carbocycles. The fraction of sp³-hybridized carbons (Fsp3) is 0.182. The number of hydrogen-bond donors (Lipinski definition) is 4. The molecule has 0 saturated heterocycles. The summed E-state index contributed by atoms with van der Waals surface area (Å²) >= 11 is 5.99. The molecule has 2 atom stereocenters. The first kappa shape index (κ1) is 30.3. The molecule has 8 nitrogen and oxygen atoms in total. The second kappa shape index (κ2) is 14.8. The lowest BCUT2D eigenvalue weighted by Gasteiger charge is -2.18. The molecule has 0 heterocycles. The monoisotopic (exact) mass is 585 g/mol. The van der Waals surface area contributed by atoms with Crippen LogP contribution in [0.25, 0.3) is 0 Å². The van der Waals surface area contributed by atoms with Crippen molar-refractivity contribution in [3.05, 3.63) is 130 Å². The van der Waals surface area contributed by atoms with E-state index in [0.29, 0.717) is 23.6 Å². The van der Waals surface area contributed by atoms with E-state index in [1.807, 2.05) is 60.7 Å². The molecule has 42 heavy (non-hydrogen) atoms. The van der Waals surface area contributed by atoms with Gasteiger partial charge in [0.1, 0.15) is 18.4 Å². The molecule has 0 aromatic heterocycles. The van der Waals surface area contributed by atoms with Crippen LogP contribution in [0.15, 0.2) is 103 Å². The third-order valence-corrected chi connectivity index (χ3v) is 6.86. The lowest BCUT2D eigenvalue weighted by molar-refractivity contribution is -0.139. The average molecular weight is 586 g/mol. The molecule has 0 radical (unpaired) electrons. The number of carbonyl (C=O) groups excluding carboxylic acids is 2. The molecule has 0 fully saturated rings. The highest BCUT2D eigenvalue weighted by Crippen LogP contribution is 2.28. The van der Waals surface area contributed by atoms with E-state index in [2.05, 4.69) is 10.6 Å². The summed E-state index contributed by atoms with van der Waals surface area (Å²) in [5, 5.41) is 15.7. The summed E-state index contributed by atoms with van der Waals surface area (Å²) in [5.41, 5.74) is 9.39. The summed E-state index contributed by atoms with van der Waals surface area (Å²) in [4.78, 5) is 38.0. The number of nitrogens with one attached hydrogen (secondary N) is 2. The lowest BCUT2D eigenvalue weighted by atomic mass is 10.0. The summed E-state index contributed by atoms with van der Waals surface area (Å²) in [7, 11) is 0. The molecule has 0 saturated carbocycles. The standard InChI is InChI=1S/C33H32ClN3O5/c34-26-15-11-24(12-16-26)21-42-30-20-25(31(38)37-29(33(40)41)17-13-22-7-3-1-4-8-22)14-18-28(30)36-32(39)27(35)19-23-9-5-2-6-10-23/h1-12,14-16,18,20,27,29H,13,17,19,21,35H2,(H,36,39)(H,37,38)(H,40,41)/t27-,29-/m0/s1. The molecule has 0 aliphatic carbocycles. The van der Waals surface area contributed by atoms with Crippen LogP contribution in [0.2, 0.25) is 5.02 Å². The number of aryl methyl sites for hydroxylation is 1. The zero-order chi connectivity index (χ0) is 29.9. The number of aliphatic carboxylic acids is 1. The van der Waals surface area contributed by atoms with Crippen LogP contribution in [-0.2, 0) is 29.0 Å². The first-order valence-electron chi connectivity index (χ1n) is 13.5. The number of benzene rings is 4. The Balaban J connectivity index is 1.50. The topological polar surface area (TPSA) is 131 Å². The van der Waals surface area contributed by atoms with Gasteiger partial charge in [-0.2, -0.15) is 0 Å². The second-order valence-electron chi connectivity index (χ2n) is 9.80. The maximum absolute atomic E-state index is 13.1. The number of carboxylic acids is 1. The van der Waals surface area contributed by atoms with Crippen LogP contribution in [0.4, 0.5) is 5.69 Å². The van der Waals surface area contributed by atoms with Gasteiger partial charge in [-0.25, -0.2) is 4.79 Å². The molecule has 216 valence electrons. The van der Waals surface area contributed by atoms with E-state index < -0.39 is 29.9 Å². The number of nitrogens with two attached hydrogens (primary N) is 1. The van der Waals surface area contributed by atoms with E-state index in [9.17, 15) is 19.5 Å². The van der Waals surface area contributed by atoms with Crippen LogP contribution in [0.5, 0.6) is 5.75 Å². The van der Waals surface area contributed by atoms with Crippen molar-refractivity contribution < 1.29 is 24.2 Å². The number of amides is 2. The predicted octanol–water partition coefficient (Wildman–Crippen LogP) is 5.24. The molecule has 0 bridgehead atoms. The molecule has 4 aromatic rings. The second-order valence-corrected chi connectivity index (χ2v) is 10.2. The third kappa shape index (κ3) is 8.92. The molecule has 9 heteroatoms. The minimum Gasteiger partial charge on any atom is -0.487 e. The zero-order valence-corrected chi connectivity index (χ0v) is 23.6. The first-order chi connectivity index (χ1) is 20.3. The fourth-order valence-corrected chi connectivity index (χ4v) is 4.39. The van der Waals surface area contributed by atoms with Crippen LogP contribution in [0.3, 0.4) is 0 Å². The van der Waals surface area contributed by atoms with Gasteiger partial charge in [0.05, 0.1) is 11.7 Å². The van der Waals surface area contributed by atoms with Crippen molar-refractivity contribution >= 4 is 35.1 Å². The van der Waals surface area contributed by atoms with E-state index in [0.717, 1.165) is 16.7 Å². The van der Waals surface area contributed by atoms with Crippen molar-refractivity contribution in [2.75, 3.05) is 5.32 Å². The highest BCUT2D eigenvalue weighted by atomic mass is 35.5. The Morgan fingerprint density at radius 1 is 0.833 bits per heavy atom. The molecular formula is C33H32ClN3O5. The average Bonchev–Trinajstić information content (AvgIpc) is 3.00. The maximum Gasteiger partial charge on any atom is 0.326 e. The molecule has 4 rings (SSSR count). The molecule has 2 amide bonds. The molecule has 0 aliphatic rings. The molecule has 0 aliphatic heterocycles. The highest BCUT2D eigenvalue weighted by Gasteiger charge is 2.22. The van der Waals surface area contributed by atoms with E-state index in [1.165, 1.54) is 12.1 Å². The summed E-state index contributed by atoms with van der Waals surface area (Å²) < 4.78 is 6.02. The SMILES string of the molecule is N[C@@H](Cc1ccccc1)C(=O)Nc1ccc(C(=O)N[C@@H](CCc2ccccc2)C(=O)O)cc1OCc1ccc(Cl)cc1. The van der Waals surface area contributed by atoms with E-state index in [-0.39, 0.29) is 24.3 Å².